The zero-order valence-corrected chi connectivity index (χ0v) is 11.9. The van der Waals surface area contributed by atoms with Crippen molar-refractivity contribution in [1.82, 2.24) is 10.6 Å². The van der Waals surface area contributed by atoms with E-state index in [1.807, 2.05) is 6.92 Å². The number of hydrogen-bond donors (Lipinski definition) is 2. The van der Waals surface area contributed by atoms with Crippen molar-refractivity contribution in [3.05, 3.63) is 35.6 Å². The minimum absolute atomic E-state index is 0.00256. The lowest BCUT2D eigenvalue weighted by Crippen LogP contribution is -2.42. The number of nitrogens with one attached hydrogen (secondary N) is 2. The molecule has 0 aliphatic carbocycles. The summed E-state index contributed by atoms with van der Waals surface area (Å²) in [6.45, 7) is 7.34. The van der Waals surface area contributed by atoms with Crippen molar-refractivity contribution in [1.29, 1.82) is 0 Å². The SMILES string of the molecule is CC(C)CCNC(=O)C(C)NCc1ccc(F)cc1. The first-order valence-corrected chi connectivity index (χ1v) is 6.74. The van der Waals surface area contributed by atoms with Gasteiger partial charge in [-0.15, -0.1) is 0 Å². The molecular formula is C15H23FN2O. The molecular weight excluding hydrogens is 243 g/mol. The smallest absolute Gasteiger partial charge is 0.236 e. The summed E-state index contributed by atoms with van der Waals surface area (Å²) >= 11 is 0. The Labute approximate surface area is 114 Å². The number of amides is 1. The van der Waals surface area contributed by atoms with Crippen LogP contribution in [-0.4, -0.2) is 18.5 Å². The van der Waals surface area contributed by atoms with Gasteiger partial charge >= 0.3 is 0 Å². The van der Waals surface area contributed by atoms with Crippen molar-refractivity contribution in [2.24, 2.45) is 5.92 Å². The van der Waals surface area contributed by atoms with Crippen LogP contribution in [0.4, 0.5) is 4.39 Å². The molecule has 0 radical (unpaired) electrons. The Morgan fingerprint density at radius 3 is 2.42 bits per heavy atom. The summed E-state index contributed by atoms with van der Waals surface area (Å²) in [4.78, 5) is 11.8. The topological polar surface area (TPSA) is 41.1 Å². The third-order valence-electron chi connectivity index (χ3n) is 2.94. The Bertz CT molecular complexity index is 390. The number of carbonyl (C=O) groups excluding carboxylic acids is 1. The molecule has 0 aliphatic heterocycles. The van der Waals surface area contributed by atoms with Gasteiger partial charge in [-0.05, 0) is 37.0 Å². The lowest BCUT2D eigenvalue weighted by molar-refractivity contribution is -0.122. The van der Waals surface area contributed by atoms with Crippen LogP contribution in [0.2, 0.25) is 0 Å². The van der Waals surface area contributed by atoms with Gasteiger partial charge in [0.15, 0.2) is 0 Å². The monoisotopic (exact) mass is 266 g/mol. The van der Waals surface area contributed by atoms with Crippen LogP contribution in [0.5, 0.6) is 0 Å². The van der Waals surface area contributed by atoms with E-state index in [4.69, 9.17) is 0 Å². The predicted molar refractivity (Wildman–Crippen MR) is 75.2 cm³/mol. The predicted octanol–water partition coefficient (Wildman–Crippen LogP) is 2.47. The van der Waals surface area contributed by atoms with Crippen LogP contribution in [0.15, 0.2) is 24.3 Å². The van der Waals surface area contributed by atoms with Crippen molar-refractivity contribution in [2.75, 3.05) is 6.54 Å². The molecule has 0 saturated carbocycles. The van der Waals surface area contributed by atoms with Crippen LogP contribution in [0.3, 0.4) is 0 Å². The molecule has 1 aromatic rings. The van der Waals surface area contributed by atoms with Crippen molar-refractivity contribution in [3.8, 4) is 0 Å². The number of benzene rings is 1. The summed E-state index contributed by atoms with van der Waals surface area (Å²) in [6.07, 6.45) is 0.983. The fraction of sp³-hybridized carbons (Fsp3) is 0.533. The van der Waals surface area contributed by atoms with Crippen molar-refractivity contribution in [3.63, 3.8) is 0 Å². The standard InChI is InChI=1S/C15H23FN2O/c1-11(2)8-9-17-15(19)12(3)18-10-13-4-6-14(16)7-5-13/h4-7,11-12,18H,8-10H2,1-3H3,(H,17,19). The summed E-state index contributed by atoms with van der Waals surface area (Å²) in [5.74, 6) is 0.341. The van der Waals surface area contributed by atoms with E-state index in [1.54, 1.807) is 12.1 Å². The number of carbonyl (C=O) groups is 1. The van der Waals surface area contributed by atoms with E-state index in [0.717, 1.165) is 12.0 Å². The fourth-order valence-corrected chi connectivity index (χ4v) is 1.60. The second kappa shape index (κ2) is 7.89. The van der Waals surface area contributed by atoms with E-state index in [0.29, 0.717) is 19.0 Å². The molecule has 4 heteroatoms. The van der Waals surface area contributed by atoms with Crippen molar-refractivity contribution in [2.45, 2.75) is 39.8 Å². The highest BCUT2D eigenvalue weighted by molar-refractivity contribution is 5.81. The molecule has 19 heavy (non-hydrogen) atoms. The van der Waals surface area contributed by atoms with Gasteiger partial charge in [-0.2, -0.15) is 0 Å². The Balaban J connectivity index is 2.28. The zero-order chi connectivity index (χ0) is 14.3. The van der Waals surface area contributed by atoms with E-state index in [1.165, 1.54) is 12.1 Å². The lowest BCUT2D eigenvalue weighted by atomic mass is 10.1. The highest BCUT2D eigenvalue weighted by Gasteiger charge is 2.11. The Hall–Kier alpha value is -1.42. The Kier molecular flexibility index (Phi) is 6.50. The van der Waals surface area contributed by atoms with E-state index >= 15 is 0 Å². The molecule has 0 aliphatic rings. The molecule has 0 spiro atoms. The highest BCUT2D eigenvalue weighted by atomic mass is 19.1. The summed E-state index contributed by atoms with van der Waals surface area (Å²) in [7, 11) is 0. The lowest BCUT2D eigenvalue weighted by Gasteiger charge is -2.14. The maximum absolute atomic E-state index is 12.7. The zero-order valence-electron chi connectivity index (χ0n) is 11.9. The van der Waals surface area contributed by atoms with Crippen LogP contribution < -0.4 is 10.6 Å². The van der Waals surface area contributed by atoms with Gasteiger partial charge in [0, 0.05) is 13.1 Å². The van der Waals surface area contributed by atoms with Gasteiger partial charge in [0.05, 0.1) is 6.04 Å². The Morgan fingerprint density at radius 2 is 1.84 bits per heavy atom. The van der Waals surface area contributed by atoms with Gasteiger partial charge in [-0.3, -0.25) is 4.79 Å². The molecule has 0 saturated heterocycles. The second-order valence-corrected chi connectivity index (χ2v) is 5.20. The van der Waals surface area contributed by atoms with Crippen LogP contribution >= 0.6 is 0 Å². The van der Waals surface area contributed by atoms with Gasteiger partial charge in [0.2, 0.25) is 5.91 Å². The molecule has 1 atom stereocenters. The molecule has 1 aromatic carbocycles. The van der Waals surface area contributed by atoms with Gasteiger partial charge in [0.1, 0.15) is 5.82 Å². The average molecular weight is 266 g/mol. The van der Waals surface area contributed by atoms with E-state index in [9.17, 15) is 9.18 Å². The maximum Gasteiger partial charge on any atom is 0.236 e. The average Bonchev–Trinajstić information content (AvgIpc) is 2.37. The molecule has 0 fully saturated rings. The van der Waals surface area contributed by atoms with Crippen LogP contribution in [-0.2, 0) is 11.3 Å². The molecule has 0 bridgehead atoms. The van der Waals surface area contributed by atoms with Crippen LogP contribution in [0.1, 0.15) is 32.8 Å². The van der Waals surface area contributed by atoms with Crippen LogP contribution in [0, 0.1) is 11.7 Å². The van der Waals surface area contributed by atoms with Crippen molar-refractivity contribution < 1.29 is 9.18 Å². The minimum Gasteiger partial charge on any atom is -0.355 e. The molecule has 2 N–H and O–H groups in total. The minimum atomic E-state index is -0.253. The van der Waals surface area contributed by atoms with E-state index < -0.39 is 0 Å². The molecule has 0 heterocycles. The van der Waals surface area contributed by atoms with E-state index in [2.05, 4.69) is 24.5 Å². The number of halogens is 1. The summed E-state index contributed by atoms with van der Waals surface area (Å²) in [5.41, 5.74) is 0.961. The molecule has 1 unspecified atom stereocenters. The molecule has 3 nitrogen and oxygen atoms in total. The quantitative estimate of drug-likeness (QED) is 0.796. The molecule has 106 valence electrons. The first-order chi connectivity index (χ1) is 8.99. The summed E-state index contributed by atoms with van der Waals surface area (Å²) < 4.78 is 12.7. The fourth-order valence-electron chi connectivity index (χ4n) is 1.60. The first-order valence-electron chi connectivity index (χ1n) is 6.74. The normalized spacial score (nSPS) is 12.5. The first kappa shape index (κ1) is 15.6. The summed E-state index contributed by atoms with van der Waals surface area (Å²) in [5, 5.41) is 6.02. The number of rotatable bonds is 7. The van der Waals surface area contributed by atoms with Crippen molar-refractivity contribution >= 4 is 5.91 Å². The maximum atomic E-state index is 12.7. The van der Waals surface area contributed by atoms with E-state index in [-0.39, 0.29) is 17.8 Å². The molecule has 1 rings (SSSR count). The second-order valence-electron chi connectivity index (χ2n) is 5.20. The van der Waals surface area contributed by atoms with Gasteiger partial charge < -0.3 is 10.6 Å². The van der Waals surface area contributed by atoms with Crippen LogP contribution in [0.25, 0.3) is 0 Å². The van der Waals surface area contributed by atoms with Gasteiger partial charge in [-0.25, -0.2) is 4.39 Å². The highest BCUT2D eigenvalue weighted by Crippen LogP contribution is 2.02. The molecule has 0 aromatic heterocycles. The van der Waals surface area contributed by atoms with Gasteiger partial charge in [0.25, 0.3) is 0 Å². The summed E-state index contributed by atoms with van der Waals surface area (Å²) in [6, 6.07) is 6.02. The third kappa shape index (κ3) is 6.34. The van der Waals surface area contributed by atoms with Gasteiger partial charge in [-0.1, -0.05) is 26.0 Å². The third-order valence-corrected chi connectivity index (χ3v) is 2.94. The number of hydrogen-bond acceptors (Lipinski definition) is 2. The largest absolute Gasteiger partial charge is 0.355 e. The Morgan fingerprint density at radius 1 is 1.21 bits per heavy atom. The molecule has 1 amide bonds.